The van der Waals surface area contributed by atoms with Crippen molar-refractivity contribution in [1.29, 1.82) is 0 Å². The van der Waals surface area contributed by atoms with Gasteiger partial charge < -0.3 is 15.7 Å². The molecule has 3 N–H and O–H groups in total. The summed E-state index contributed by atoms with van der Waals surface area (Å²) in [6, 6.07) is 7.03. The van der Waals surface area contributed by atoms with Crippen LogP contribution >= 0.6 is 0 Å². The molecule has 0 spiro atoms. The van der Waals surface area contributed by atoms with Crippen molar-refractivity contribution in [3.8, 4) is 0 Å². The number of carboxylic acids is 1. The molecule has 0 fully saturated rings. The van der Waals surface area contributed by atoms with Crippen molar-refractivity contribution in [3.63, 3.8) is 0 Å². The number of benzene rings is 1. The average molecular weight is 264 g/mol. The molecule has 0 saturated carbocycles. The van der Waals surface area contributed by atoms with Crippen LogP contribution in [-0.4, -0.2) is 29.6 Å². The Bertz CT molecular complexity index is 460. The third-order valence-corrected chi connectivity index (χ3v) is 2.96. The van der Waals surface area contributed by atoms with Gasteiger partial charge in [-0.1, -0.05) is 24.3 Å². The number of amides is 1. The molecule has 1 aromatic carbocycles. The highest BCUT2D eigenvalue weighted by molar-refractivity contribution is 5.82. The quantitative estimate of drug-likeness (QED) is 0.722. The molecule has 0 saturated heterocycles. The topological polar surface area (TPSA) is 78.4 Å². The summed E-state index contributed by atoms with van der Waals surface area (Å²) >= 11 is 0. The standard InChI is InChI=1S/C14H20N2O3/c1-9-6-4-5-7-12(9)10(2)15-8-13(14(18)19)16-11(3)17/h4-7,10,13,15H,8H2,1-3H3,(H,16,17)(H,18,19)/t10-,13?/m1/s1. The van der Waals surface area contributed by atoms with Gasteiger partial charge >= 0.3 is 5.97 Å². The Kier molecular flexibility index (Phi) is 5.51. The minimum Gasteiger partial charge on any atom is -0.480 e. The Hall–Kier alpha value is -1.88. The SMILES string of the molecule is CC(=O)NC(CN[C@H](C)c1ccccc1C)C(=O)O. The highest BCUT2D eigenvalue weighted by atomic mass is 16.4. The summed E-state index contributed by atoms with van der Waals surface area (Å²) in [5, 5.41) is 14.5. The Morgan fingerprint density at radius 2 is 1.95 bits per heavy atom. The fourth-order valence-electron chi connectivity index (χ4n) is 1.92. The molecule has 0 aliphatic heterocycles. The van der Waals surface area contributed by atoms with Crippen molar-refractivity contribution >= 4 is 11.9 Å². The Balaban J connectivity index is 2.62. The molecule has 0 aromatic heterocycles. The molecular formula is C14H20N2O3. The maximum Gasteiger partial charge on any atom is 0.327 e. The summed E-state index contributed by atoms with van der Waals surface area (Å²) in [5.41, 5.74) is 2.27. The van der Waals surface area contributed by atoms with Crippen LogP contribution in [0.25, 0.3) is 0 Å². The summed E-state index contributed by atoms with van der Waals surface area (Å²) in [6.45, 7) is 5.47. The van der Waals surface area contributed by atoms with E-state index in [2.05, 4.69) is 10.6 Å². The van der Waals surface area contributed by atoms with E-state index in [-0.39, 0.29) is 18.5 Å². The van der Waals surface area contributed by atoms with Gasteiger partial charge in [0.25, 0.3) is 0 Å². The van der Waals surface area contributed by atoms with E-state index in [9.17, 15) is 9.59 Å². The minimum atomic E-state index is -1.04. The van der Waals surface area contributed by atoms with E-state index in [1.807, 2.05) is 38.1 Å². The number of rotatable bonds is 6. The van der Waals surface area contributed by atoms with E-state index < -0.39 is 12.0 Å². The van der Waals surface area contributed by atoms with Crippen molar-refractivity contribution in [3.05, 3.63) is 35.4 Å². The zero-order valence-corrected chi connectivity index (χ0v) is 11.4. The van der Waals surface area contributed by atoms with Crippen molar-refractivity contribution in [2.24, 2.45) is 0 Å². The van der Waals surface area contributed by atoms with Crippen molar-refractivity contribution in [1.82, 2.24) is 10.6 Å². The highest BCUT2D eigenvalue weighted by Crippen LogP contribution is 2.16. The molecule has 104 valence electrons. The van der Waals surface area contributed by atoms with E-state index in [4.69, 9.17) is 5.11 Å². The van der Waals surface area contributed by atoms with Crippen LogP contribution in [0.2, 0.25) is 0 Å². The van der Waals surface area contributed by atoms with Gasteiger partial charge in [-0.25, -0.2) is 4.79 Å². The van der Waals surface area contributed by atoms with Gasteiger partial charge in [-0.15, -0.1) is 0 Å². The second-order valence-electron chi connectivity index (χ2n) is 4.58. The van der Waals surface area contributed by atoms with E-state index in [0.717, 1.165) is 11.1 Å². The number of carboxylic acid groups (broad SMARTS) is 1. The number of carbonyl (C=O) groups excluding carboxylic acids is 1. The van der Waals surface area contributed by atoms with Crippen LogP contribution in [0, 0.1) is 6.92 Å². The van der Waals surface area contributed by atoms with Crippen molar-refractivity contribution < 1.29 is 14.7 Å². The van der Waals surface area contributed by atoms with Crippen LogP contribution in [0.3, 0.4) is 0 Å². The molecule has 1 amide bonds. The Morgan fingerprint density at radius 1 is 1.32 bits per heavy atom. The van der Waals surface area contributed by atoms with E-state index in [1.54, 1.807) is 0 Å². The smallest absolute Gasteiger partial charge is 0.327 e. The lowest BCUT2D eigenvalue weighted by Gasteiger charge is -2.20. The van der Waals surface area contributed by atoms with Crippen LogP contribution < -0.4 is 10.6 Å². The number of aliphatic carboxylic acids is 1. The summed E-state index contributed by atoms with van der Waals surface area (Å²) in [5.74, 6) is -1.39. The molecule has 5 heteroatoms. The summed E-state index contributed by atoms with van der Waals surface area (Å²) < 4.78 is 0. The molecule has 0 radical (unpaired) electrons. The number of aryl methyl sites for hydroxylation is 1. The zero-order valence-electron chi connectivity index (χ0n) is 11.4. The molecule has 0 heterocycles. The van der Waals surface area contributed by atoms with Crippen LogP contribution in [-0.2, 0) is 9.59 Å². The molecule has 0 aliphatic carbocycles. The van der Waals surface area contributed by atoms with Gasteiger partial charge in [0.2, 0.25) is 5.91 Å². The first-order valence-corrected chi connectivity index (χ1v) is 6.20. The van der Waals surface area contributed by atoms with E-state index >= 15 is 0 Å². The molecule has 1 unspecified atom stereocenters. The summed E-state index contributed by atoms with van der Waals surface area (Å²) in [6.07, 6.45) is 0. The van der Waals surface area contributed by atoms with Crippen molar-refractivity contribution in [2.75, 3.05) is 6.54 Å². The second-order valence-corrected chi connectivity index (χ2v) is 4.58. The third-order valence-electron chi connectivity index (χ3n) is 2.96. The number of hydrogen-bond acceptors (Lipinski definition) is 3. The van der Waals surface area contributed by atoms with Gasteiger partial charge in [-0.05, 0) is 25.0 Å². The largest absolute Gasteiger partial charge is 0.480 e. The highest BCUT2D eigenvalue weighted by Gasteiger charge is 2.19. The Morgan fingerprint density at radius 3 is 2.47 bits per heavy atom. The van der Waals surface area contributed by atoms with Gasteiger partial charge in [0.05, 0.1) is 0 Å². The second kappa shape index (κ2) is 6.89. The van der Waals surface area contributed by atoms with Gasteiger partial charge in [0, 0.05) is 19.5 Å². The molecule has 0 aliphatic rings. The average Bonchev–Trinajstić information content (AvgIpc) is 2.34. The molecule has 1 aromatic rings. The lowest BCUT2D eigenvalue weighted by atomic mass is 10.0. The fourth-order valence-corrected chi connectivity index (χ4v) is 1.92. The van der Waals surface area contributed by atoms with Crippen LogP contribution in [0.1, 0.15) is 31.0 Å². The van der Waals surface area contributed by atoms with Crippen LogP contribution in [0.4, 0.5) is 0 Å². The molecule has 19 heavy (non-hydrogen) atoms. The first kappa shape index (κ1) is 15.2. The minimum absolute atomic E-state index is 0.0248. The van der Waals surface area contributed by atoms with Gasteiger partial charge in [0.1, 0.15) is 6.04 Å². The van der Waals surface area contributed by atoms with Gasteiger partial charge in [-0.3, -0.25) is 4.79 Å². The molecule has 5 nitrogen and oxygen atoms in total. The fraction of sp³-hybridized carbons (Fsp3) is 0.429. The normalized spacial score (nSPS) is 13.6. The third kappa shape index (κ3) is 4.71. The predicted molar refractivity (Wildman–Crippen MR) is 72.8 cm³/mol. The maximum absolute atomic E-state index is 11.0. The molecule has 0 bridgehead atoms. The van der Waals surface area contributed by atoms with Gasteiger partial charge in [0.15, 0.2) is 0 Å². The molecule has 2 atom stereocenters. The zero-order chi connectivity index (χ0) is 14.4. The lowest BCUT2D eigenvalue weighted by molar-refractivity contribution is -0.141. The summed E-state index contributed by atoms with van der Waals surface area (Å²) in [4.78, 5) is 21.9. The number of hydrogen-bond donors (Lipinski definition) is 3. The molecule has 1 rings (SSSR count). The Labute approximate surface area is 113 Å². The van der Waals surface area contributed by atoms with E-state index in [0.29, 0.717) is 0 Å². The van der Waals surface area contributed by atoms with Crippen LogP contribution in [0.5, 0.6) is 0 Å². The molecular weight excluding hydrogens is 244 g/mol. The monoisotopic (exact) mass is 264 g/mol. The number of nitrogens with one attached hydrogen (secondary N) is 2. The maximum atomic E-state index is 11.0. The van der Waals surface area contributed by atoms with Gasteiger partial charge in [-0.2, -0.15) is 0 Å². The first-order chi connectivity index (χ1) is 8.91. The van der Waals surface area contributed by atoms with E-state index in [1.165, 1.54) is 6.92 Å². The summed E-state index contributed by atoms with van der Waals surface area (Å²) in [7, 11) is 0. The van der Waals surface area contributed by atoms with Crippen molar-refractivity contribution in [2.45, 2.75) is 32.9 Å². The first-order valence-electron chi connectivity index (χ1n) is 6.20. The number of carbonyl (C=O) groups is 2. The van der Waals surface area contributed by atoms with Crippen LogP contribution in [0.15, 0.2) is 24.3 Å². The lowest BCUT2D eigenvalue weighted by Crippen LogP contribution is -2.46. The predicted octanol–water partition coefficient (Wildman–Crippen LogP) is 1.23.